The zero-order chi connectivity index (χ0) is 15.0. The van der Waals surface area contributed by atoms with Crippen LogP contribution in [-0.2, 0) is 9.59 Å². The van der Waals surface area contributed by atoms with Gasteiger partial charge < -0.3 is 16.4 Å². The molecule has 0 unspecified atom stereocenters. The number of pyridine rings is 1. The lowest BCUT2D eigenvalue weighted by Crippen LogP contribution is -2.47. The number of aromatic nitrogens is 1. The van der Waals surface area contributed by atoms with Gasteiger partial charge in [-0.1, -0.05) is 13.8 Å². The number of anilines is 1. The topological polar surface area (TPSA) is 97.1 Å². The van der Waals surface area contributed by atoms with Gasteiger partial charge in [0.25, 0.3) is 0 Å². The summed E-state index contributed by atoms with van der Waals surface area (Å²) in [5.41, 5.74) is 5.70. The predicted molar refractivity (Wildman–Crippen MR) is 77.9 cm³/mol. The van der Waals surface area contributed by atoms with Crippen molar-refractivity contribution in [2.45, 2.75) is 26.7 Å². The quantitative estimate of drug-likeness (QED) is 0.690. The standard InChI is InChI=1S/C14H22N4O2/c1-3-14(4-2,10-15)13(20)17-9-12(19)18-11-6-5-7-16-8-11/h5-8H,3-4,9-10,15H2,1-2H3,(H,17,20)(H,18,19). The van der Waals surface area contributed by atoms with Crippen molar-refractivity contribution in [1.29, 1.82) is 0 Å². The molecule has 0 saturated heterocycles. The molecule has 1 rings (SSSR count). The van der Waals surface area contributed by atoms with Gasteiger partial charge in [0.15, 0.2) is 0 Å². The molecule has 1 heterocycles. The molecule has 110 valence electrons. The zero-order valence-corrected chi connectivity index (χ0v) is 12.0. The number of carbonyl (C=O) groups is 2. The lowest BCUT2D eigenvalue weighted by Gasteiger charge is -2.28. The zero-order valence-electron chi connectivity index (χ0n) is 12.0. The fourth-order valence-corrected chi connectivity index (χ4v) is 1.94. The maximum Gasteiger partial charge on any atom is 0.243 e. The number of nitrogens with two attached hydrogens (primary N) is 1. The van der Waals surface area contributed by atoms with Crippen LogP contribution in [0.2, 0.25) is 0 Å². The summed E-state index contributed by atoms with van der Waals surface area (Å²) in [5, 5.41) is 5.30. The average molecular weight is 278 g/mol. The summed E-state index contributed by atoms with van der Waals surface area (Å²) in [6.07, 6.45) is 4.46. The van der Waals surface area contributed by atoms with Crippen LogP contribution in [0.4, 0.5) is 5.69 Å². The van der Waals surface area contributed by atoms with Gasteiger partial charge in [0, 0.05) is 12.7 Å². The van der Waals surface area contributed by atoms with Crippen molar-refractivity contribution < 1.29 is 9.59 Å². The van der Waals surface area contributed by atoms with Crippen molar-refractivity contribution in [2.24, 2.45) is 11.1 Å². The molecule has 6 heteroatoms. The van der Waals surface area contributed by atoms with Gasteiger partial charge in [-0.05, 0) is 25.0 Å². The Morgan fingerprint density at radius 3 is 2.55 bits per heavy atom. The van der Waals surface area contributed by atoms with Gasteiger partial charge in [0.1, 0.15) is 0 Å². The molecule has 4 N–H and O–H groups in total. The molecule has 20 heavy (non-hydrogen) atoms. The predicted octanol–water partition coefficient (Wildman–Crippen LogP) is 0.901. The van der Waals surface area contributed by atoms with Gasteiger partial charge in [-0.3, -0.25) is 14.6 Å². The second kappa shape index (κ2) is 7.59. The Morgan fingerprint density at radius 2 is 2.05 bits per heavy atom. The lowest BCUT2D eigenvalue weighted by molar-refractivity contribution is -0.132. The Hall–Kier alpha value is -1.95. The maximum absolute atomic E-state index is 12.1. The Bertz CT molecular complexity index is 435. The summed E-state index contributed by atoms with van der Waals surface area (Å²) in [6.45, 7) is 4.04. The van der Waals surface area contributed by atoms with Gasteiger partial charge in [-0.2, -0.15) is 0 Å². The summed E-state index contributed by atoms with van der Waals surface area (Å²) in [7, 11) is 0. The number of hydrogen-bond donors (Lipinski definition) is 3. The van der Waals surface area contributed by atoms with Crippen molar-refractivity contribution >= 4 is 17.5 Å². The Morgan fingerprint density at radius 1 is 1.35 bits per heavy atom. The third-order valence-corrected chi connectivity index (χ3v) is 3.58. The molecule has 1 aromatic rings. The fourth-order valence-electron chi connectivity index (χ4n) is 1.94. The van der Waals surface area contributed by atoms with E-state index in [4.69, 9.17) is 5.73 Å². The summed E-state index contributed by atoms with van der Waals surface area (Å²) in [6, 6.07) is 3.46. The van der Waals surface area contributed by atoms with Crippen LogP contribution in [0.5, 0.6) is 0 Å². The van der Waals surface area contributed by atoms with Gasteiger partial charge in [-0.15, -0.1) is 0 Å². The van der Waals surface area contributed by atoms with E-state index in [-0.39, 0.29) is 24.9 Å². The molecule has 0 aliphatic carbocycles. The summed E-state index contributed by atoms with van der Waals surface area (Å²) < 4.78 is 0. The fraction of sp³-hybridized carbons (Fsp3) is 0.500. The van der Waals surface area contributed by atoms with Crippen molar-refractivity contribution in [3.8, 4) is 0 Å². The molecule has 0 aliphatic heterocycles. The highest BCUT2D eigenvalue weighted by molar-refractivity contribution is 5.95. The van der Waals surface area contributed by atoms with Crippen LogP contribution in [0.1, 0.15) is 26.7 Å². The van der Waals surface area contributed by atoms with Crippen LogP contribution in [0.25, 0.3) is 0 Å². The third kappa shape index (κ3) is 4.03. The van der Waals surface area contributed by atoms with Crippen LogP contribution in [0, 0.1) is 5.41 Å². The van der Waals surface area contributed by atoms with E-state index in [0.29, 0.717) is 18.5 Å². The molecule has 0 aromatic carbocycles. The molecular formula is C14H22N4O2. The second-order valence-corrected chi connectivity index (χ2v) is 4.66. The molecule has 0 aliphatic rings. The number of amides is 2. The first-order valence-corrected chi connectivity index (χ1v) is 6.76. The van der Waals surface area contributed by atoms with Crippen molar-refractivity contribution in [3.05, 3.63) is 24.5 Å². The minimum absolute atomic E-state index is 0.0739. The van der Waals surface area contributed by atoms with Crippen molar-refractivity contribution in [3.63, 3.8) is 0 Å². The lowest BCUT2D eigenvalue weighted by atomic mass is 9.81. The number of nitrogens with one attached hydrogen (secondary N) is 2. The van der Waals surface area contributed by atoms with E-state index in [1.807, 2.05) is 13.8 Å². The SMILES string of the molecule is CCC(CC)(CN)C(=O)NCC(=O)Nc1cccnc1. The van der Waals surface area contributed by atoms with E-state index < -0.39 is 5.41 Å². The number of hydrogen-bond acceptors (Lipinski definition) is 4. The molecule has 0 bridgehead atoms. The van der Waals surface area contributed by atoms with E-state index in [9.17, 15) is 9.59 Å². The van der Waals surface area contributed by atoms with Crippen LogP contribution in [-0.4, -0.2) is 29.9 Å². The highest BCUT2D eigenvalue weighted by Crippen LogP contribution is 2.24. The first kappa shape index (κ1) is 16.1. The number of nitrogens with zero attached hydrogens (tertiary/aromatic N) is 1. The van der Waals surface area contributed by atoms with E-state index in [1.165, 1.54) is 0 Å². The molecule has 0 atom stereocenters. The summed E-state index contributed by atoms with van der Waals surface area (Å²) >= 11 is 0. The minimum Gasteiger partial charge on any atom is -0.347 e. The van der Waals surface area contributed by atoms with Gasteiger partial charge in [0.05, 0.1) is 23.8 Å². The molecular weight excluding hydrogens is 256 g/mol. The minimum atomic E-state index is -0.589. The smallest absolute Gasteiger partial charge is 0.243 e. The van der Waals surface area contributed by atoms with Crippen LogP contribution < -0.4 is 16.4 Å². The van der Waals surface area contributed by atoms with E-state index in [1.54, 1.807) is 24.5 Å². The van der Waals surface area contributed by atoms with Gasteiger partial charge >= 0.3 is 0 Å². The van der Waals surface area contributed by atoms with Gasteiger partial charge in [0.2, 0.25) is 11.8 Å². The molecule has 0 saturated carbocycles. The first-order chi connectivity index (χ1) is 9.57. The Labute approximate surface area is 119 Å². The number of rotatable bonds is 7. The molecule has 0 radical (unpaired) electrons. The van der Waals surface area contributed by atoms with E-state index >= 15 is 0 Å². The normalized spacial score (nSPS) is 10.9. The maximum atomic E-state index is 12.1. The second-order valence-electron chi connectivity index (χ2n) is 4.66. The Balaban J connectivity index is 2.50. The molecule has 0 spiro atoms. The highest BCUT2D eigenvalue weighted by Gasteiger charge is 2.33. The summed E-state index contributed by atoms with van der Waals surface area (Å²) in [4.78, 5) is 27.7. The van der Waals surface area contributed by atoms with Crippen LogP contribution >= 0.6 is 0 Å². The highest BCUT2D eigenvalue weighted by atomic mass is 16.2. The molecule has 6 nitrogen and oxygen atoms in total. The average Bonchev–Trinajstić information content (AvgIpc) is 2.48. The monoisotopic (exact) mass is 278 g/mol. The van der Waals surface area contributed by atoms with Crippen molar-refractivity contribution in [1.82, 2.24) is 10.3 Å². The summed E-state index contributed by atoms with van der Waals surface area (Å²) in [5.74, 6) is -0.462. The first-order valence-electron chi connectivity index (χ1n) is 6.76. The van der Waals surface area contributed by atoms with Crippen molar-refractivity contribution in [2.75, 3.05) is 18.4 Å². The van der Waals surface area contributed by atoms with Crippen LogP contribution in [0.15, 0.2) is 24.5 Å². The Kier molecular flexibility index (Phi) is 6.11. The van der Waals surface area contributed by atoms with Crippen LogP contribution in [0.3, 0.4) is 0 Å². The van der Waals surface area contributed by atoms with Gasteiger partial charge in [-0.25, -0.2) is 0 Å². The molecule has 0 fully saturated rings. The third-order valence-electron chi connectivity index (χ3n) is 3.58. The largest absolute Gasteiger partial charge is 0.347 e. The molecule has 2 amide bonds. The number of carbonyl (C=O) groups excluding carboxylic acids is 2. The molecule has 1 aromatic heterocycles. The van der Waals surface area contributed by atoms with E-state index in [0.717, 1.165) is 0 Å². The van der Waals surface area contributed by atoms with E-state index in [2.05, 4.69) is 15.6 Å².